The van der Waals surface area contributed by atoms with E-state index in [0.717, 1.165) is 11.3 Å². The van der Waals surface area contributed by atoms with Crippen molar-refractivity contribution in [1.29, 1.82) is 5.26 Å². The number of thiocarbonyl (C=S) groups is 1. The molecule has 0 spiro atoms. The maximum Gasteiger partial charge on any atom is 0.416 e. The summed E-state index contributed by atoms with van der Waals surface area (Å²) in [5.74, 6) is 0.384. The van der Waals surface area contributed by atoms with Crippen LogP contribution in [0.25, 0.3) is 0 Å². The Morgan fingerprint density at radius 3 is 2.64 bits per heavy atom. The van der Waals surface area contributed by atoms with Gasteiger partial charge in [0.25, 0.3) is 0 Å². The molecule has 1 N–H and O–H groups in total. The van der Waals surface area contributed by atoms with Gasteiger partial charge in [-0.15, -0.1) is 0 Å². The number of ether oxygens (including phenoxy) is 1. The predicted molar refractivity (Wildman–Crippen MR) is 102 cm³/mol. The van der Waals surface area contributed by atoms with E-state index >= 15 is 0 Å². The van der Waals surface area contributed by atoms with Crippen molar-refractivity contribution in [3.8, 4) is 11.8 Å². The van der Waals surface area contributed by atoms with Crippen LogP contribution in [0.4, 0.5) is 10.5 Å². The van der Waals surface area contributed by atoms with E-state index in [1.807, 2.05) is 36.4 Å². The molecule has 128 valence electrons. The molecule has 1 atom stereocenters. The molecule has 0 fully saturated rings. The third kappa shape index (κ3) is 5.59. The Morgan fingerprint density at radius 2 is 2.00 bits per heavy atom. The maximum atomic E-state index is 12.3. The molecule has 1 unspecified atom stereocenters. The molecule has 0 aliphatic carbocycles. The topological polar surface area (TPSA) is 65.4 Å². The van der Waals surface area contributed by atoms with Crippen LogP contribution in [-0.2, 0) is 6.42 Å². The van der Waals surface area contributed by atoms with Gasteiger partial charge >= 0.3 is 6.09 Å². The number of carbonyl (C=O) groups is 1. The third-order valence-corrected chi connectivity index (χ3v) is 3.64. The fourth-order valence-electron chi connectivity index (χ4n) is 2.25. The average Bonchev–Trinajstić information content (AvgIpc) is 2.59. The summed E-state index contributed by atoms with van der Waals surface area (Å²) in [6, 6.07) is 18.0. The molecule has 0 saturated carbocycles. The second-order valence-corrected chi connectivity index (χ2v) is 6.13. The second-order valence-electron chi connectivity index (χ2n) is 5.52. The van der Waals surface area contributed by atoms with Crippen LogP contribution in [0.1, 0.15) is 12.5 Å². The highest BCUT2D eigenvalue weighted by Gasteiger charge is 2.21. The van der Waals surface area contributed by atoms with Gasteiger partial charge in [0.15, 0.2) is 0 Å². The first-order valence-electron chi connectivity index (χ1n) is 7.75. The molecular weight excluding hydrogens is 334 g/mol. The molecule has 0 radical (unpaired) electrons. The quantitative estimate of drug-likeness (QED) is 0.823. The van der Waals surface area contributed by atoms with Crippen molar-refractivity contribution in [2.24, 2.45) is 0 Å². The lowest BCUT2D eigenvalue weighted by molar-refractivity contribution is 0.154. The van der Waals surface area contributed by atoms with Crippen LogP contribution in [0.15, 0.2) is 54.6 Å². The summed E-state index contributed by atoms with van der Waals surface area (Å²) in [4.78, 5) is 14.3. The summed E-state index contributed by atoms with van der Waals surface area (Å²) in [5, 5.41) is 12.4. The van der Waals surface area contributed by atoms with Gasteiger partial charge in [0.2, 0.25) is 0 Å². The summed E-state index contributed by atoms with van der Waals surface area (Å²) < 4.78 is 5.37. The molecule has 0 aliphatic rings. The minimum absolute atomic E-state index is 0.384. The molecule has 5 nitrogen and oxygen atoms in total. The Balaban J connectivity index is 2.03. The van der Waals surface area contributed by atoms with Crippen LogP contribution in [0.3, 0.4) is 0 Å². The van der Waals surface area contributed by atoms with Crippen molar-refractivity contribution in [3.63, 3.8) is 0 Å². The molecule has 2 rings (SSSR count). The van der Waals surface area contributed by atoms with Gasteiger partial charge in [-0.2, -0.15) is 5.26 Å². The Labute approximate surface area is 152 Å². The number of hydrogen-bond donors (Lipinski definition) is 1. The van der Waals surface area contributed by atoms with Crippen molar-refractivity contribution >= 4 is 29.0 Å². The molecule has 1 amide bonds. The number of amides is 1. The van der Waals surface area contributed by atoms with Crippen molar-refractivity contribution in [2.75, 3.05) is 12.4 Å². The number of rotatable bonds is 5. The van der Waals surface area contributed by atoms with Crippen LogP contribution in [0.2, 0.25) is 0 Å². The molecule has 25 heavy (non-hydrogen) atoms. The minimum Gasteiger partial charge on any atom is -0.410 e. The fourth-order valence-corrected chi connectivity index (χ4v) is 2.37. The number of nitriles is 1. The highest BCUT2D eigenvalue weighted by atomic mass is 32.1. The molecule has 6 heteroatoms. The largest absolute Gasteiger partial charge is 0.416 e. The Morgan fingerprint density at radius 1 is 1.28 bits per heavy atom. The standard InChI is InChI=1S/C19H19N3O2S/c1-14(25)21-16-9-6-10-18(12-16)24-19(23)22(2)17(13-20)11-15-7-4-3-5-8-15/h3-10,12,17H,11H2,1-2H3,(H,21,25). The molecule has 0 aromatic heterocycles. The first kappa shape index (κ1) is 18.4. The summed E-state index contributed by atoms with van der Waals surface area (Å²) in [7, 11) is 1.56. The summed E-state index contributed by atoms with van der Waals surface area (Å²) in [6.45, 7) is 1.77. The SMILES string of the molecule is CC(=S)Nc1cccc(OC(=O)N(C)C(C#N)Cc2ccccc2)c1. The van der Waals surface area contributed by atoms with E-state index in [9.17, 15) is 10.1 Å². The van der Waals surface area contributed by atoms with Crippen molar-refractivity contribution in [2.45, 2.75) is 19.4 Å². The lowest BCUT2D eigenvalue weighted by Gasteiger charge is -2.22. The summed E-state index contributed by atoms with van der Waals surface area (Å²) in [5.41, 5.74) is 1.72. The molecule has 0 saturated heterocycles. The van der Waals surface area contributed by atoms with Crippen LogP contribution in [0, 0.1) is 11.3 Å². The molecule has 2 aromatic carbocycles. The molecule has 0 bridgehead atoms. The Kier molecular flexibility index (Phi) is 6.49. The van der Waals surface area contributed by atoms with Gasteiger partial charge < -0.3 is 10.1 Å². The highest BCUT2D eigenvalue weighted by molar-refractivity contribution is 7.80. The monoisotopic (exact) mass is 353 g/mol. The molecule has 0 aliphatic heterocycles. The lowest BCUT2D eigenvalue weighted by Crippen LogP contribution is -2.39. The van der Waals surface area contributed by atoms with E-state index in [4.69, 9.17) is 17.0 Å². The van der Waals surface area contributed by atoms with Gasteiger partial charge in [-0.25, -0.2) is 4.79 Å². The molecule has 2 aromatic rings. The number of nitrogens with one attached hydrogen (secondary N) is 1. The normalized spacial score (nSPS) is 11.1. The van der Waals surface area contributed by atoms with E-state index in [-0.39, 0.29) is 0 Å². The van der Waals surface area contributed by atoms with E-state index in [2.05, 4.69) is 11.4 Å². The van der Waals surface area contributed by atoms with Gasteiger partial charge in [-0.3, -0.25) is 4.90 Å². The maximum absolute atomic E-state index is 12.3. The number of carbonyl (C=O) groups excluding carboxylic acids is 1. The average molecular weight is 353 g/mol. The highest BCUT2D eigenvalue weighted by Crippen LogP contribution is 2.19. The third-order valence-electron chi connectivity index (χ3n) is 3.54. The predicted octanol–water partition coefficient (Wildman–Crippen LogP) is 4.01. The smallest absolute Gasteiger partial charge is 0.410 e. The van der Waals surface area contributed by atoms with E-state index < -0.39 is 12.1 Å². The van der Waals surface area contributed by atoms with Crippen molar-refractivity contribution in [3.05, 3.63) is 60.2 Å². The van der Waals surface area contributed by atoms with Crippen LogP contribution < -0.4 is 10.1 Å². The number of nitrogens with zero attached hydrogens (tertiary/aromatic N) is 2. The van der Waals surface area contributed by atoms with Crippen LogP contribution in [-0.4, -0.2) is 29.1 Å². The van der Waals surface area contributed by atoms with E-state index in [1.54, 1.807) is 32.2 Å². The van der Waals surface area contributed by atoms with Gasteiger partial charge in [0, 0.05) is 25.2 Å². The Bertz CT molecular complexity index is 787. The van der Waals surface area contributed by atoms with E-state index in [1.165, 1.54) is 4.90 Å². The van der Waals surface area contributed by atoms with Gasteiger partial charge in [0.05, 0.1) is 11.1 Å². The first-order chi connectivity index (χ1) is 12.0. The Hall–Kier alpha value is -2.91. The van der Waals surface area contributed by atoms with Gasteiger partial charge in [-0.05, 0) is 24.6 Å². The number of likely N-dealkylation sites (N-methyl/N-ethyl adjacent to an activating group) is 1. The zero-order valence-electron chi connectivity index (χ0n) is 14.1. The first-order valence-corrected chi connectivity index (χ1v) is 8.16. The fraction of sp³-hybridized carbons (Fsp3) is 0.211. The van der Waals surface area contributed by atoms with Crippen molar-refractivity contribution < 1.29 is 9.53 Å². The van der Waals surface area contributed by atoms with Crippen LogP contribution >= 0.6 is 12.2 Å². The van der Waals surface area contributed by atoms with Crippen molar-refractivity contribution in [1.82, 2.24) is 4.90 Å². The minimum atomic E-state index is -0.612. The lowest BCUT2D eigenvalue weighted by atomic mass is 10.1. The van der Waals surface area contributed by atoms with Crippen LogP contribution in [0.5, 0.6) is 5.75 Å². The summed E-state index contributed by atoms with van der Waals surface area (Å²) in [6.07, 6.45) is -0.145. The number of benzene rings is 2. The van der Waals surface area contributed by atoms with E-state index in [0.29, 0.717) is 17.2 Å². The van der Waals surface area contributed by atoms with Gasteiger partial charge in [0.1, 0.15) is 11.8 Å². The second kappa shape index (κ2) is 8.81. The zero-order valence-corrected chi connectivity index (χ0v) is 14.9. The number of anilines is 1. The number of hydrogen-bond acceptors (Lipinski definition) is 4. The molecular formula is C19H19N3O2S. The summed E-state index contributed by atoms with van der Waals surface area (Å²) >= 11 is 5.00. The van der Waals surface area contributed by atoms with Gasteiger partial charge in [-0.1, -0.05) is 48.6 Å². The molecule has 0 heterocycles. The zero-order chi connectivity index (χ0) is 18.2.